The van der Waals surface area contributed by atoms with E-state index in [0.717, 1.165) is 5.69 Å². The van der Waals surface area contributed by atoms with Gasteiger partial charge < -0.3 is 10.1 Å². The lowest BCUT2D eigenvalue weighted by atomic mass is 10.1. The number of nitrogens with one attached hydrogen (secondary N) is 1. The second-order valence-corrected chi connectivity index (χ2v) is 6.00. The second kappa shape index (κ2) is 6.80. The lowest BCUT2D eigenvalue weighted by Gasteiger charge is -2.04. The number of aromatic nitrogens is 1. The van der Waals surface area contributed by atoms with Crippen molar-refractivity contribution in [2.45, 2.75) is 6.92 Å². The first-order valence-electron chi connectivity index (χ1n) is 7.24. The number of benzene rings is 2. The molecule has 3 aromatic rings. The van der Waals surface area contributed by atoms with E-state index in [-0.39, 0.29) is 11.5 Å². The first-order chi connectivity index (χ1) is 11.6. The van der Waals surface area contributed by atoms with Gasteiger partial charge in [-0.3, -0.25) is 4.79 Å². The van der Waals surface area contributed by atoms with Gasteiger partial charge in [0.05, 0.1) is 12.8 Å². The number of ether oxygens (including phenoxy) is 1. The van der Waals surface area contributed by atoms with Crippen LogP contribution in [0.2, 0.25) is 0 Å². The minimum atomic E-state index is -0.419. The van der Waals surface area contributed by atoms with Gasteiger partial charge in [-0.25, -0.2) is 9.37 Å². The molecule has 2 aromatic carbocycles. The van der Waals surface area contributed by atoms with Gasteiger partial charge in [-0.05, 0) is 49.4 Å². The number of carbonyl (C=O) groups is 1. The van der Waals surface area contributed by atoms with Crippen molar-refractivity contribution in [3.63, 3.8) is 0 Å². The molecule has 0 aliphatic heterocycles. The minimum absolute atomic E-state index is 0.0274. The van der Waals surface area contributed by atoms with Crippen LogP contribution in [0.4, 0.5) is 15.2 Å². The van der Waals surface area contributed by atoms with Gasteiger partial charge in [0.15, 0.2) is 22.5 Å². The van der Waals surface area contributed by atoms with Crippen LogP contribution in [-0.2, 0) is 0 Å². The number of anilines is 2. The Hall–Kier alpha value is -2.73. The zero-order valence-corrected chi connectivity index (χ0v) is 14.0. The average Bonchev–Trinajstić information content (AvgIpc) is 3.04. The molecule has 122 valence electrons. The summed E-state index contributed by atoms with van der Waals surface area (Å²) in [5, 5.41) is 5.72. The molecule has 0 bridgehead atoms. The number of halogens is 1. The second-order valence-electron chi connectivity index (χ2n) is 5.15. The Bertz CT molecular complexity index is 875. The van der Waals surface area contributed by atoms with Crippen LogP contribution in [0.15, 0.2) is 47.8 Å². The number of ketones is 1. The third-order valence-electron chi connectivity index (χ3n) is 3.49. The third kappa shape index (κ3) is 3.44. The Morgan fingerprint density at radius 3 is 2.58 bits per heavy atom. The highest BCUT2D eigenvalue weighted by Gasteiger charge is 2.09. The van der Waals surface area contributed by atoms with E-state index >= 15 is 0 Å². The highest BCUT2D eigenvalue weighted by molar-refractivity contribution is 7.14. The van der Waals surface area contributed by atoms with E-state index in [9.17, 15) is 9.18 Å². The topological polar surface area (TPSA) is 51.2 Å². The highest BCUT2D eigenvalue weighted by Crippen LogP contribution is 2.29. The fraction of sp³-hybridized carbons (Fsp3) is 0.111. The van der Waals surface area contributed by atoms with Crippen molar-refractivity contribution in [3.05, 3.63) is 59.2 Å². The number of methoxy groups -OCH3 is 1. The van der Waals surface area contributed by atoms with Gasteiger partial charge in [-0.2, -0.15) is 0 Å². The van der Waals surface area contributed by atoms with Crippen molar-refractivity contribution in [2.75, 3.05) is 12.4 Å². The van der Waals surface area contributed by atoms with Crippen LogP contribution < -0.4 is 10.1 Å². The molecular formula is C18H15FN2O2S. The number of rotatable bonds is 5. The van der Waals surface area contributed by atoms with Crippen LogP contribution >= 0.6 is 11.3 Å². The van der Waals surface area contributed by atoms with Crippen LogP contribution in [0.1, 0.15) is 17.3 Å². The van der Waals surface area contributed by atoms with Crippen molar-refractivity contribution >= 4 is 27.9 Å². The van der Waals surface area contributed by atoms with E-state index in [4.69, 9.17) is 4.74 Å². The Balaban J connectivity index is 1.78. The Labute approximate surface area is 142 Å². The molecule has 0 aliphatic carbocycles. The van der Waals surface area contributed by atoms with Crippen LogP contribution in [-0.4, -0.2) is 17.9 Å². The lowest BCUT2D eigenvalue weighted by Crippen LogP contribution is -1.94. The molecule has 0 radical (unpaired) electrons. The van der Waals surface area contributed by atoms with Crippen LogP contribution in [0, 0.1) is 5.82 Å². The molecule has 24 heavy (non-hydrogen) atoms. The Morgan fingerprint density at radius 1 is 1.21 bits per heavy atom. The van der Waals surface area contributed by atoms with Gasteiger partial charge in [0.2, 0.25) is 0 Å². The first-order valence-corrected chi connectivity index (χ1v) is 8.12. The number of nitrogens with zero attached hydrogens (tertiary/aromatic N) is 1. The van der Waals surface area contributed by atoms with Gasteiger partial charge in [0.1, 0.15) is 0 Å². The van der Waals surface area contributed by atoms with E-state index in [1.54, 1.807) is 24.3 Å². The zero-order valence-electron chi connectivity index (χ0n) is 13.2. The number of carbonyl (C=O) groups excluding carboxylic acids is 1. The first kappa shape index (κ1) is 16.1. The van der Waals surface area contributed by atoms with Gasteiger partial charge in [0.25, 0.3) is 0 Å². The molecule has 0 amide bonds. The van der Waals surface area contributed by atoms with E-state index in [1.807, 2.05) is 17.5 Å². The maximum absolute atomic E-state index is 13.8. The molecule has 1 heterocycles. The highest BCUT2D eigenvalue weighted by atomic mass is 32.1. The van der Waals surface area contributed by atoms with E-state index in [0.29, 0.717) is 22.0 Å². The molecule has 1 aromatic heterocycles. The predicted octanol–water partition coefficient (Wildman–Crippen LogP) is 4.90. The van der Waals surface area contributed by atoms with E-state index < -0.39 is 5.82 Å². The number of hydrogen-bond acceptors (Lipinski definition) is 5. The van der Waals surface area contributed by atoms with Crippen molar-refractivity contribution in [1.82, 2.24) is 4.98 Å². The molecule has 0 aliphatic rings. The van der Waals surface area contributed by atoms with E-state index in [1.165, 1.54) is 31.4 Å². The summed E-state index contributed by atoms with van der Waals surface area (Å²) in [5.74, 6) is -0.185. The van der Waals surface area contributed by atoms with Gasteiger partial charge in [0, 0.05) is 22.2 Å². The Morgan fingerprint density at radius 2 is 1.96 bits per heavy atom. The third-order valence-corrected chi connectivity index (χ3v) is 4.25. The average molecular weight is 342 g/mol. The molecule has 0 saturated carbocycles. The summed E-state index contributed by atoms with van der Waals surface area (Å²) in [5.41, 5.74) is 2.87. The normalized spacial score (nSPS) is 10.5. The maximum Gasteiger partial charge on any atom is 0.187 e. The SMILES string of the molecule is COc1ccc(-c2csc(Nc3ccc(C(C)=O)cc3)n2)cc1F. The summed E-state index contributed by atoms with van der Waals surface area (Å²) in [4.78, 5) is 15.7. The molecule has 0 unspecified atom stereocenters. The fourth-order valence-electron chi connectivity index (χ4n) is 2.20. The van der Waals surface area contributed by atoms with Crippen LogP contribution in [0.5, 0.6) is 5.75 Å². The van der Waals surface area contributed by atoms with Gasteiger partial charge in [-0.15, -0.1) is 11.3 Å². The minimum Gasteiger partial charge on any atom is -0.494 e. The van der Waals surface area contributed by atoms with Crippen molar-refractivity contribution in [1.29, 1.82) is 0 Å². The summed E-state index contributed by atoms with van der Waals surface area (Å²) in [6, 6.07) is 11.9. The smallest absolute Gasteiger partial charge is 0.187 e. The fourth-order valence-corrected chi connectivity index (χ4v) is 2.94. The van der Waals surface area contributed by atoms with Crippen LogP contribution in [0.25, 0.3) is 11.3 Å². The summed E-state index contributed by atoms with van der Waals surface area (Å²) in [6.07, 6.45) is 0. The Kier molecular flexibility index (Phi) is 4.57. The molecule has 6 heteroatoms. The maximum atomic E-state index is 13.8. The lowest BCUT2D eigenvalue weighted by molar-refractivity contribution is 0.101. The zero-order chi connectivity index (χ0) is 17.1. The van der Waals surface area contributed by atoms with Crippen molar-refractivity contribution in [3.8, 4) is 17.0 Å². The molecule has 3 rings (SSSR count). The monoisotopic (exact) mass is 342 g/mol. The number of hydrogen-bond donors (Lipinski definition) is 1. The predicted molar refractivity (Wildman–Crippen MR) is 93.8 cm³/mol. The largest absolute Gasteiger partial charge is 0.494 e. The molecular weight excluding hydrogens is 327 g/mol. The van der Waals surface area contributed by atoms with Gasteiger partial charge in [-0.1, -0.05) is 0 Å². The summed E-state index contributed by atoms with van der Waals surface area (Å²) >= 11 is 1.42. The standard InChI is InChI=1S/C18H15FN2O2S/c1-11(22)12-3-6-14(7-4-12)20-18-21-16(10-24-18)13-5-8-17(23-2)15(19)9-13/h3-10H,1-2H3,(H,20,21). The number of Topliss-reactive ketones (excluding diaryl/α,β-unsaturated/α-hetero) is 1. The quantitative estimate of drug-likeness (QED) is 0.670. The molecule has 0 atom stereocenters. The molecule has 0 fully saturated rings. The van der Waals surface area contributed by atoms with E-state index in [2.05, 4.69) is 10.3 Å². The molecule has 0 saturated heterocycles. The summed E-state index contributed by atoms with van der Waals surface area (Å²) < 4.78 is 18.7. The molecule has 4 nitrogen and oxygen atoms in total. The molecule has 0 spiro atoms. The number of thiazole rings is 1. The summed E-state index contributed by atoms with van der Waals surface area (Å²) in [6.45, 7) is 1.53. The van der Waals surface area contributed by atoms with Crippen molar-refractivity contribution in [2.24, 2.45) is 0 Å². The summed E-state index contributed by atoms with van der Waals surface area (Å²) in [7, 11) is 1.43. The van der Waals surface area contributed by atoms with Crippen molar-refractivity contribution < 1.29 is 13.9 Å². The van der Waals surface area contributed by atoms with Crippen LogP contribution in [0.3, 0.4) is 0 Å². The molecule has 1 N–H and O–H groups in total. The van der Waals surface area contributed by atoms with Gasteiger partial charge >= 0.3 is 0 Å².